The Balaban J connectivity index is 1.82. The summed E-state index contributed by atoms with van der Waals surface area (Å²) in [5.41, 5.74) is 2.10. The second-order valence-corrected chi connectivity index (χ2v) is 8.34. The van der Waals surface area contributed by atoms with E-state index in [1.54, 1.807) is 17.4 Å². The Hall–Kier alpha value is -1.75. The molecule has 0 saturated heterocycles. The van der Waals surface area contributed by atoms with Crippen LogP contribution in [0.4, 0.5) is 4.39 Å². The summed E-state index contributed by atoms with van der Waals surface area (Å²) in [6, 6.07) is 15.3. The summed E-state index contributed by atoms with van der Waals surface area (Å²) in [7, 11) is 0. The van der Waals surface area contributed by atoms with Crippen LogP contribution in [0.25, 0.3) is 10.1 Å². The van der Waals surface area contributed by atoms with E-state index < -0.39 is 0 Å². The molecule has 0 unspecified atom stereocenters. The van der Waals surface area contributed by atoms with Crippen LogP contribution >= 0.6 is 11.3 Å². The van der Waals surface area contributed by atoms with E-state index in [1.165, 1.54) is 6.07 Å². The summed E-state index contributed by atoms with van der Waals surface area (Å²) >= 11 is 1.64. The molecular formula is C21H24FNOS. The Morgan fingerprint density at radius 2 is 1.76 bits per heavy atom. The van der Waals surface area contributed by atoms with Crippen molar-refractivity contribution < 1.29 is 9.13 Å². The average molecular weight is 357 g/mol. The normalized spacial score (nSPS) is 12.0. The number of fused-ring (bicyclic) bond motifs is 1. The van der Waals surface area contributed by atoms with Crippen LogP contribution in [-0.4, -0.2) is 5.54 Å². The van der Waals surface area contributed by atoms with Gasteiger partial charge in [-0.25, -0.2) is 4.39 Å². The topological polar surface area (TPSA) is 21.3 Å². The highest BCUT2D eigenvalue weighted by Gasteiger charge is 2.17. The van der Waals surface area contributed by atoms with Gasteiger partial charge >= 0.3 is 0 Å². The Bertz CT molecular complexity index is 836. The first kappa shape index (κ1) is 18.1. The number of rotatable bonds is 6. The van der Waals surface area contributed by atoms with Crippen molar-refractivity contribution in [3.63, 3.8) is 0 Å². The first-order valence-electron chi connectivity index (χ1n) is 8.49. The summed E-state index contributed by atoms with van der Waals surface area (Å²) in [5, 5.41) is 4.20. The molecule has 25 heavy (non-hydrogen) atoms. The fourth-order valence-corrected chi connectivity index (χ4v) is 3.87. The summed E-state index contributed by atoms with van der Waals surface area (Å²) < 4.78 is 21.3. The fraction of sp³-hybridized carbons (Fsp3) is 0.333. The SMILES string of the molecule is CC(C)(C)NCc1sc2cccc(F)c2c1COCc1ccccc1. The zero-order valence-corrected chi connectivity index (χ0v) is 15.8. The zero-order chi connectivity index (χ0) is 17.9. The lowest BCUT2D eigenvalue weighted by Crippen LogP contribution is -2.35. The van der Waals surface area contributed by atoms with Crippen LogP contribution < -0.4 is 5.32 Å². The molecule has 0 aliphatic heterocycles. The molecule has 1 aromatic heterocycles. The van der Waals surface area contributed by atoms with Crippen LogP contribution in [0.3, 0.4) is 0 Å². The molecule has 1 heterocycles. The van der Waals surface area contributed by atoms with Crippen molar-refractivity contribution in [2.24, 2.45) is 0 Å². The summed E-state index contributed by atoms with van der Waals surface area (Å²) in [4.78, 5) is 1.14. The molecule has 1 N–H and O–H groups in total. The third-order valence-electron chi connectivity index (χ3n) is 3.98. The smallest absolute Gasteiger partial charge is 0.132 e. The summed E-state index contributed by atoms with van der Waals surface area (Å²) in [6.07, 6.45) is 0. The molecule has 3 rings (SSSR count). The van der Waals surface area contributed by atoms with E-state index in [-0.39, 0.29) is 11.4 Å². The molecule has 0 saturated carbocycles. The monoisotopic (exact) mass is 357 g/mol. The van der Waals surface area contributed by atoms with E-state index in [9.17, 15) is 4.39 Å². The van der Waals surface area contributed by atoms with Gasteiger partial charge in [-0.1, -0.05) is 36.4 Å². The lowest BCUT2D eigenvalue weighted by atomic mass is 10.1. The maximum atomic E-state index is 14.4. The molecule has 0 atom stereocenters. The third kappa shape index (κ3) is 4.66. The van der Waals surface area contributed by atoms with Gasteiger partial charge in [-0.3, -0.25) is 0 Å². The number of hydrogen-bond donors (Lipinski definition) is 1. The Kier molecular flexibility index (Phi) is 5.52. The molecule has 132 valence electrons. The second kappa shape index (κ2) is 7.65. The van der Waals surface area contributed by atoms with Gasteiger partial charge in [0.15, 0.2) is 0 Å². The van der Waals surface area contributed by atoms with E-state index in [0.717, 1.165) is 20.7 Å². The standard InChI is InChI=1S/C21H24FNOS/c1-21(2,3)23-12-19-16(14-24-13-15-8-5-4-6-9-15)20-17(22)10-7-11-18(20)25-19/h4-11,23H,12-14H2,1-3H3. The largest absolute Gasteiger partial charge is 0.372 e. The van der Waals surface area contributed by atoms with Gasteiger partial charge in [0.1, 0.15) is 5.82 Å². The van der Waals surface area contributed by atoms with Crippen LogP contribution in [0.2, 0.25) is 0 Å². The molecular weight excluding hydrogens is 333 g/mol. The number of ether oxygens (including phenoxy) is 1. The van der Waals surface area contributed by atoms with E-state index in [0.29, 0.717) is 25.1 Å². The van der Waals surface area contributed by atoms with Crippen molar-refractivity contribution >= 4 is 21.4 Å². The molecule has 4 heteroatoms. The van der Waals surface area contributed by atoms with Crippen molar-refractivity contribution in [2.75, 3.05) is 0 Å². The molecule has 0 amide bonds. The first-order valence-corrected chi connectivity index (χ1v) is 9.31. The highest BCUT2D eigenvalue weighted by molar-refractivity contribution is 7.19. The van der Waals surface area contributed by atoms with Gasteiger partial charge in [0.25, 0.3) is 0 Å². The molecule has 3 aromatic rings. The Morgan fingerprint density at radius 3 is 2.48 bits per heavy atom. The lowest BCUT2D eigenvalue weighted by molar-refractivity contribution is 0.107. The number of nitrogens with one attached hydrogen (secondary N) is 1. The van der Waals surface area contributed by atoms with Gasteiger partial charge < -0.3 is 10.1 Å². The lowest BCUT2D eigenvalue weighted by Gasteiger charge is -2.20. The van der Waals surface area contributed by atoms with Gasteiger partial charge in [0, 0.05) is 32.6 Å². The van der Waals surface area contributed by atoms with Crippen LogP contribution in [-0.2, 0) is 24.5 Å². The minimum atomic E-state index is -0.172. The molecule has 2 aromatic carbocycles. The van der Waals surface area contributed by atoms with Crippen LogP contribution in [0.1, 0.15) is 36.8 Å². The number of thiophene rings is 1. The minimum absolute atomic E-state index is 0.0108. The van der Waals surface area contributed by atoms with Crippen LogP contribution in [0.15, 0.2) is 48.5 Å². The minimum Gasteiger partial charge on any atom is -0.372 e. The molecule has 0 spiro atoms. The number of hydrogen-bond acceptors (Lipinski definition) is 3. The predicted molar refractivity (Wildman–Crippen MR) is 103 cm³/mol. The van der Waals surface area contributed by atoms with E-state index in [1.807, 2.05) is 36.4 Å². The molecule has 0 radical (unpaired) electrons. The highest BCUT2D eigenvalue weighted by Crippen LogP contribution is 2.34. The van der Waals surface area contributed by atoms with Crippen LogP contribution in [0, 0.1) is 5.82 Å². The predicted octanol–water partition coefficient (Wildman–Crippen LogP) is 5.65. The van der Waals surface area contributed by atoms with Crippen molar-refractivity contribution in [3.05, 3.63) is 70.4 Å². The van der Waals surface area contributed by atoms with Gasteiger partial charge in [0.05, 0.1) is 13.2 Å². The van der Waals surface area contributed by atoms with E-state index >= 15 is 0 Å². The molecule has 0 aliphatic rings. The number of benzene rings is 2. The molecule has 0 fully saturated rings. The maximum Gasteiger partial charge on any atom is 0.132 e. The fourth-order valence-electron chi connectivity index (χ4n) is 2.70. The van der Waals surface area contributed by atoms with Gasteiger partial charge in [-0.2, -0.15) is 0 Å². The van der Waals surface area contributed by atoms with E-state index in [4.69, 9.17) is 4.74 Å². The average Bonchev–Trinajstić information content (AvgIpc) is 2.93. The van der Waals surface area contributed by atoms with Crippen molar-refractivity contribution in [1.82, 2.24) is 5.32 Å². The Morgan fingerprint density at radius 1 is 1.00 bits per heavy atom. The van der Waals surface area contributed by atoms with Crippen LogP contribution in [0.5, 0.6) is 0 Å². The Labute approximate surface area is 152 Å². The van der Waals surface area contributed by atoms with Gasteiger partial charge in [0.2, 0.25) is 0 Å². The second-order valence-electron chi connectivity index (χ2n) is 7.20. The number of halogens is 1. The quantitative estimate of drug-likeness (QED) is 0.616. The molecule has 0 bridgehead atoms. The van der Waals surface area contributed by atoms with Crippen molar-refractivity contribution in [3.8, 4) is 0 Å². The molecule has 0 aliphatic carbocycles. The maximum absolute atomic E-state index is 14.4. The van der Waals surface area contributed by atoms with Gasteiger partial charge in [-0.05, 0) is 38.5 Å². The van der Waals surface area contributed by atoms with E-state index in [2.05, 4.69) is 26.1 Å². The van der Waals surface area contributed by atoms with Crippen molar-refractivity contribution in [1.29, 1.82) is 0 Å². The van der Waals surface area contributed by atoms with Gasteiger partial charge in [-0.15, -0.1) is 11.3 Å². The molecule has 2 nitrogen and oxygen atoms in total. The first-order chi connectivity index (χ1) is 11.9. The highest BCUT2D eigenvalue weighted by atomic mass is 32.1. The summed E-state index contributed by atoms with van der Waals surface area (Å²) in [5.74, 6) is -0.172. The summed E-state index contributed by atoms with van der Waals surface area (Å²) in [6.45, 7) is 8.05. The third-order valence-corrected chi connectivity index (χ3v) is 5.18. The van der Waals surface area contributed by atoms with Crippen molar-refractivity contribution in [2.45, 2.75) is 46.1 Å². The zero-order valence-electron chi connectivity index (χ0n) is 14.9.